The van der Waals surface area contributed by atoms with Gasteiger partial charge in [-0.25, -0.2) is 0 Å². The van der Waals surface area contributed by atoms with E-state index in [-0.39, 0.29) is 6.16 Å². The van der Waals surface area contributed by atoms with E-state index in [1.807, 2.05) is 0 Å². The van der Waals surface area contributed by atoms with Crippen molar-refractivity contribution in [3.8, 4) is 0 Å². The maximum Gasteiger partial charge on any atom is 0.308 e. The van der Waals surface area contributed by atoms with Crippen molar-refractivity contribution >= 4 is 18.0 Å². The van der Waals surface area contributed by atoms with E-state index in [2.05, 4.69) is 0 Å². The maximum absolute atomic E-state index is 10.2. The van der Waals surface area contributed by atoms with Crippen molar-refractivity contribution in [2.24, 2.45) is 0 Å². The Hall–Kier alpha value is 0.210. The van der Waals surface area contributed by atoms with E-state index in [1.165, 1.54) is 0 Å². The Kier molecular flexibility index (Phi) is 7.65. The second-order valence-electron chi connectivity index (χ2n) is 2.37. The minimum Gasteiger partial charge on any atom is -0.596 e. The first-order valence-electron chi connectivity index (χ1n) is 2.78. The van der Waals surface area contributed by atoms with Crippen LogP contribution < -0.4 is 4.89 Å². The third-order valence-corrected chi connectivity index (χ3v) is 0.775. The first-order chi connectivity index (χ1) is 4.27. The maximum atomic E-state index is 10.2. The highest BCUT2D eigenvalue weighted by Gasteiger charge is 1.95. The van der Waals surface area contributed by atoms with E-state index in [4.69, 9.17) is 0 Å². The molecule has 0 spiro atoms. The van der Waals surface area contributed by atoms with Gasteiger partial charge in [0.05, 0.1) is 9.93 Å². The van der Waals surface area contributed by atoms with Gasteiger partial charge in [-0.05, 0) is 6.92 Å². The lowest BCUT2D eigenvalue weighted by Crippen LogP contribution is -1.97. The molecule has 0 aliphatic rings. The van der Waals surface area contributed by atoms with Gasteiger partial charge in [-0.2, -0.15) is 0 Å². The van der Waals surface area contributed by atoms with Gasteiger partial charge in [-0.15, -0.1) is 4.21 Å². The van der Waals surface area contributed by atoms with Crippen LogP contribution >= 0.6 is 8.03 Å². The topological polar surface area (TPSA) is 57.2 Å². The molecule has 0 fully saturated rings. The van der Waals surface area contributed by atoms with Crippen molar-refractivity contribution in [1.29, 1.82) is 0 Å². The summed E-state index contributed by atoms with van der Waals surface area (Å²) in [5, 5.41) is 0. The lowest BCUT2D eigenvalue weighted by molar-refractivity contribution is -0.164. The molecular formula is C5H14O3PS+. The summed E-state index contributed by atoms with van der Waals surface area (Å²) < 4.78 is 19.6. The minimum atomic E-state index is -2.10. The Balaban J connectivity index is 0. The molecule has 1 unspecified atom stereocenters. The molecule has 0 aromatic heterocycles. The molecule has 0 heterocycles. The van der Waals surface area contributed by atoms with E-state index in [9.17, 15) is 13.7 Å². The van der Waals surface area contributed by atoms with Crippen LogP contribution in [0.15, 0.2) is 0 Å². The average Bonchev–Trinajstić information content (AvgIpc) is 1.61. The Labute approximate surface area is 64.1 Å². The van der Waals surface area contributed by atoms with Gasteiger partial charge in [-0.3, -0.25) is 0 Å². The van der Waals surface area contributed by atoms with Crippen molar-refractivity contribution < 1.29 is 13.7 Å². The zero-order chi connectivity index (χ0) is 8.78. The molecule has 0 saturated carbocycles. The molecule has 0 N–H and O–H groups in total. The van der Waals surface area contributed by atoms with Gasteiger partial charge in [0.15, 0.2) is 0 Å². The number of hydrogen-bond acceptors (Lipinski definition) is 3. The number of rotatable bonds is 1. The molecule has 62 valence electrons. The molecule has 0 aliphatic heterocycles. The molecule has 0 aliphatic carbocycles. The summed E-state index contributed by atoms with van der Waals surface area (Å²) >= 11 is 0. The normalized spacial score (nSPS) is 11.5. The van der Waals surface area contributed by atoms with Crippen LogP contribution in [0.4, 0.5) is 0 Å². The summed E-state index contributed by atoms with van der Waals surface area (Å²) in [6.07, 6.45) is 5.41. The monoisotopic (exact) mass is 185 g/mol. The molecule has 1 atom stereocenters. The van der Waals surface area contributed by atoms with Gasteiger partial charge >= 0.3 is 8.03 Å². The predicted molar refractivity (Wildman–Crippen MR) is 44.0 cm³/mol. The molecule has 0 bridgehead atoms. The van der Waals surface area contributed by atoms with Gasteiger partial charge in [0.25, 0.3) is 0 Å². The fourth-order valence-corrected chi connectivity index (χ4v) is 0. The van der Waals surface area contributed by atoms with E-state index in [1.54, 1.807) is 25.7 Å². The third-order valence-electron chi connectivity index (χ3n) is 0.258. The largest absolute Gasteiger partial charge is 0.596 e. The molecule has 10 heavy (non-hydrogen) atoms. The lowest BCUT2D eigenvalue weighted by atomic mass is 11.0. The van der Waals surface area contributed by atoms with Crippen LogP contribution in [0.3, 0.4) is 0 Å². The Bertz CT molecular complexity index is 132. The zero-order valence-corrected chi connectivity index (χ0v) is 8.50. The van der Waals surface area contributed by atoms with Gasteiger partial charge in [0.1, 0.15) is 24.9 Å². The van der Waals surface area contributed by atoms with Crippen LogP contribution in [-0.2, 0) is 18.7 Å². The van der Waals surface area contributed by atoms with Crippen LogP contribution in [-0.4, -0.2) is 24.9 Å². The predicted octanol–water partition coefficient (Wildman–Crippen LogP) is 0.484. The minimum absolute atomic E-state index is 0.259. The summed E-state index contributed by atoms with van der Waals surface area (Å²) in [6.45, 7) is 1.60. The summed E-state index contributed by atoms with van der Waals surface area (Å²) in [5.74, 6) is 0. The third kappa shape index (κ3) is 87.4. The SMILES string of the molecule is CC[P+](=O)[O-].C[S+](C)(C)=O. The fraction of sp³-hybridized carbons (Fsp3) is 1.00. The molecule has 0 saturated heterocycles. The van der Waals surface area contributed by atoms with Crippen LogP contribution in [0.1, 0.15) is 6.92 Å². The molecular weight excluding hydrogens is 171 g/mol. The molecule has 0 aromatic carbocycles. The van der Waals surface area contributed by atoms with Crippen LogP contribution in [0.2, 0.25) is 0 Å². The van der Waals surface area contributed by atoms with Crippen molar-refractivity contribution in [1.82, 2.24) is 0 Å². The second kappa shape index (κ2) is 5.96. The highest BCUT2D eigenvalue weighted by Crippen LogP contribution is 2.01. The smallest absolute Gasteiger partial charge is 0.308 e. The molecule has 0 amide bonds. The van der Waals surface area contributed by atoms with Crippen molar-refractivity contribution in [2.75, 3.05) is 24.9 Å². The molecule has 5 heteroatoms. The van der Waals surface area contributed by atoms with Crippen LogP contribution in [0, 0.1) is 0 Å². The highest BCUT2D eigenvalue weighted by atomic mass is 32.2. The first-order valence-corrected chi connectivity index (χ1v) is 6.93. The summed E-state index contributed by atoms with van der Waals surface area (Å²) in [5.41, 5.74) is 0. The summed E-state index contributed by atoms with van der Waals surface area (Å²) in [6, 6.07) is 0. The van der Waals surface area contributed by atoms with Crippen LogP contribution in [0.25, 0.3) is 0 Å². The molecule has 3 nitrogen and oxygen atoms in total. The Morgan fingerprint density at radius 1 is 1.40 bits per heavy atom. The van der Waals surface area contributed by atoms with Crippen LogP contribution in [0.5, 0.6) is 0 Å². The van der Waals surface area contributed by atoms with Gasteiger partial charge in [0, 0.05) is 0 Å². The first kappa shape index (κ1) is 12.8. The highest BCUT2D eigenvalue weighted by molar-refractivity contribution is 8.00. The van der Waals surface area contributed by atoms with Crippen molar-refractivity contribution in [3.63, 3.8) is 0 Å². The van der Waals surface area contributed by atoms with E-state index >= 15 is 0 Å². The Morgan fingerprint density at radius 3 is 1.50 bits per heavy atom. The average molecular weight is 185 g/mol. The van der Waals surface area contributed by atoms with E-state index in [0.717, 1.165) is 0 Å². The van der Waals surface area contributed by atoms with Gasteiger partial charge in [0.2, 0.25) is 0 Å². The summed E-state index contributed by atoms with van der Waals surface area (Å²) in [4.78, 5) is 9.41. The molecule has 0 rings (SSSR count). The van der Waals surface area contributed by atoms with E-state index < -0.39 is 18.0 Å². The molecule has 0 aromatic rings. The van der Waals surface area contributed by atoms with Gasteiger partial charge < -0.3 is 4.89 Å². The second-order valence-corrected chi connectivity index (χ2v) is 7.12. The van der Waals surface area contributed by atoms with E-state index in [0.29, 0.717) is 0 Å². The van der Waals surface area contributed by atoms with Gasteiger partial charge in [-0.1, -0.05) is 4.57 Å². The lowest BCUT2D eigenvalue weighted by Gasteiger charge is -1.80. The Morgan fingerprint density at radius 2 is 1.50 bits per heavy atom. The quantitative estimate of drug-likeness (QED) is 0.441. The van der Waals surface area contributed by atoms with Crippen molar-refractivity contribution in [3.05, 3.63) is 0 Å². The summed E-state index contributed by atoms with van der Waals surface area (Å²) in [7, 11) is -3.51. The molecule has 0 radical (unpaired) electrons. The fourth-order valence-electron chi connectivity index (χ4n) is 0. The number of hydrogen-bond donors (Lipinski definition) is 0. The van der Waals surface area contributed by atoms with Crippen molar-refractivity contribution in [2.45, 2.75) is 6.92 Å². The standard InChI is InChI=1S/C3H9OS.C2H5O2P/c1-5(2,3)4;1-2-5(3)4/h1-3H3;2H2,1H3/q+1;. The zero-order valence-electron chi connectivity index (χ0n) is 6.79.